The van der Waals surface area contributed by atoms with E-state index in [4.69, 9.17) is 0 Å². The van der Waals surface area contributed by atoms with Crippen molar-refractivity contribution in [2.45, 2.75) is 50.2 Å². The van der Waals surface area contributed by atoms with Gasteiger partial charge in [0.2, 0.25) is 5.91 Å². The number of amides is 2. The third-order valence-corrected chi connectivity index (χ3v) is 6.91. The zero-order valence-electron chi connectivity index (χ0n) is 16.7. The fraction of sp³-hybridized carbons (Fsp3) is 0.619. The molecule has 0 spiro atoms. The van der Waals surface area contributed by atoms with Crippen molar-refractivity contribution in [2.24, 2.45) is 11.8 Å². The zero-order valence-corrected chi connectivity index (χ0v) is 16.7. The van der Waals surface area contributed by atoms with E-state index < -0.39 is 23.4 Å². The number of carbonyl (C=O) groups excluding carboxylic acids is 2. The molecule has 1 saturated heterocycles. The number of alkyl halides is 3. The molecule has 1 heterocycles. The quantitative estimate of drug-likeness (QED) is 0.828. The third-order valence-electron chi connectivity index (χ3n) is 6.91. The summed E-state index contributed by atoms with van der Waals surface area (Å²) in [5.41, 5.74) is -0.495. The van der Waals surface area contributed by atoms with Gasteiger partial charge in [0.05, 0.1) is 12.7 Å². The first-order valence-electron chi connectivity index (χ1n) is 9.81. The molecular weight excluding hydrogens is 385 g/mol. The number of fused-ring (bicyclic) bond motifs is 1. The molecule has 29 heavy (non-hydrogen) atoms. The molecule has 0 aromatic heterocycles. The van der Waals surface area contributed by atoms with Crippen LogP contribution < -0.4 is 5.32 Å². The van der Waals surface area contributed by atoms with Crippen LogP contribution in [0, 0.1) is 18.8 Å². The topological polar surface area (TPSA) is 58.6 Å². The fourth-order valence-corrected chi connectivity index (χ4v) is 5.19. The van der Waals surface area contributed by atoms with Gasteiger partial charge in [0, 0.05) is 30.0 Å². The van der Waals surface area contributed by atoms with E-state index in [1.54, 1.807) is 11.0 Å². The Bertz CT molecular complexity index is 863. The maximum atomic E-state index is 13.3. The van der Waals surface area contributed by atoms with Gasteiger partial charge in [0.15, 0.2) is 0 Å². The highest BCUT2D eigenvalue weighted by Gasteiger charge is 2.62. The Kier molecular flexibility index (Phi) is 4.40. The molecule has 2 amide bonds. The number of ether oxygens (including phenoxy) is 1. The van der Waals surface area contributed by atoms with Crippen LogP contribution in [0.2, 0.25) is 0 Å². The second-order valence-electron chi connectivity index (χ2n) is 9.09. The van der Waals surface area contributed by atoms with E-state index in [-0.39, 0.29) is 28.7 Å². The number of likely N-dealkylation sites (tertiary alicyclic amines) is 1. The highest BCUT2D eigenvalue weighted by Crippen LogP contribution is 2.60. The van der Waals surface area contributed by atoms with Crippen molar-refractivity contribution in [3.63, 3.8) is 0 Å². The van der Waals surface area contributed by atoms with Crippen LogP contribution in [0.1, 0.15) is 42.9 Å². The molecule has 1 aromatic rings. The molecule has 3 aliphatic rings. The average molecular weight is 410 g/mol. The minimum atomic E-state index is -4.38. The van der Waals surface area contributed by atoms with Gasteiger partial charge in [-0.25, -0.2) is 4.79 Å². The molecular formula is C21H25F3N2O3. The summed E-state index contributed by atoms with van der Waals surface area (Å²) in [5, 5.41) is 2.76. The van der Waals surface area contributed by atoms with Crippen molar-refractivity contribution in [2.75, 3.05) is 20.2 Å². The standard InChI is InChI=1S/C21H25F3N2O3/c1-12-4-5-14(6-16(12)21(22,23)24)20-9-15(20)10-26(11-20)17(27)13-7-19(2,8-13)25-18(28)29-3/h4-6,13,15H,7-11H2,1-3H3,(H,25,28). The van der Waals surface area contributed by atoms with Crippen LogP contribution in [0.4, 0.5) is 18.0 Å². The van der Waals surface area contributed by atoms with Crippen molar-refractivity contribution in [1.29, 1.82) is 0 Å². The second kappa shape index (κ2) is 6.37. The Morgan fingerprint density at radius 2 is 1.93 bits per heavy atom. The Hall–Kier alpha value is -2.25. The van der Waals surface area contributed by atoms with Gasteiger partial charge in [0.1, 0.15) is 0 Å². The Morgan fingerprint density at radius 3 is 2.55 bits per heavy atom. The number of carbonyl (C=O) groups is 2. The summed E-state index contributed by atoms with van der Waals surface area (Å²) in [4.78, 5) is 26.1. The highest BCUT2D eigenvalue weighted by molar-refractivity contribution is 5.82. The maximum absolute atomic E-state index is 13.3. The Balaban J connectivity index is 1.43. The molecule has 2 atom stereocenters. The van der Waals surface area contributed by atoms with Gasteiger partial charge in [-0.3, -0.25) is 4.79 Å². The normalized spacial score (nSPS) is 33.0. The first-order valence-corrected chi connectivity index (χ1v) is 9.81. The van der Waals surface area contributed by atoms with Crippen LogP contribution >= 0.6 is 0 Å². The number of piperidine rings is 1. The van der Waals surface area contributed by atoms with Gasteiger partial charge in [-0.1, -0.05) is 12.1 Å². The van der Waals surface area contributed by atoms with Gasteiger partial charge in [0.25, 0.3) is 0 Å². The lowest BCUT2D eigenvalue weighted by molar-refractivity contribution is -0.140. The number of hydrogen-bond acceptors (Lipinski definition) is 3. The molecule has 2 saturated carbocycles. The molecule has 3 fully saturated rings. The summed E-state index contributed by atoms with van der Waals surface area (Å²) in [7, 11) is 1.30. The summed E-state index contributed by atoms with van der Waals surface area (Å²) < 4.78 is 44.5. The van der Waals surface area contributed by atoms with Crippen molar-refractivity contribution in [3.05, 3.63) is 34.9 Å². The minimum Gasteiger partial charge on any atom is -0.453 e. The first kappa shape index (κ1) is 20.0. The van der Waals surface area contributed by atoms with E-state index in [2.05, 4.69) is 10.1 Å². The molecule has 2 aliphatic carbocycles. The lowest BCUT2D eigenvalue weighted by Crippen LogP contribution is -2.58. The van der Waals surface area contributed by atoms with Gasteiger partial charge >= 0.3 is 12.3 Å². The van der Waals surface area contributed by atoms with Gasteiger partial charge in [-0.05, 0) is 56.2 Å². The third kappa shape index (κ3) is 3.36. The van der Waals surface area contributed by atoms with Crippen molar-refractivity contribution < 1.29 is 27.5 Å². The number of alkyl carbamates (subject to hydrolysis) is 1. The van der Waals surface area contributed by atoms with Gasteiger partial charge < -0.3 is 15.0 Å². The molecule has 158 valence electrons. The second-order valence-corrected chi connectivity index (χ2v) is 9.09. The van der Waals surface area contributed by atoms with E-state index in [1.165, 1.54) is 26.2 Å². The number of nitrogens with zero attached hydrogens (tertiary/aromatic N) is 1. The number of benzene rings is 1. The Morgan fingerprint density at radius 1 is 1.24 bits per heavy atom. The highest BCUT2D eigenvalue weighted by atomic mass is 19.4. The molecule has 2 unspecified atom stereocenters. The number of nitrogens with one attached hydrogen (secondary N) is 1. The van der Waals surface area contributed by atoms with Gasteiger partial charge in [-0.15, -0.1) is 0 Å². The number of hydrogen-bond donors (Lipinski definition) is 1. The number of rotatable bonds is 3. The SMILES string of the molecule is COC(=O)NC1(C)CC(C(=O)N2CC3CC3(c3ccc(C)c(C(F)(F)F)c3)C2)C1. The lowest BCUT2D eigenvalue weighted by Gasteiger charge is -2.45. The summed E-state index contributed by atoms with van der Waals surface area (Å²) in [5.74, 6) is 0.0780. The zero-order chi connectivity index (χ0) is 21.2. The van der Waals surface area contributed by atoms with E-state index in [9.17, 15) is 22.8 Å². The molecule has 8 heteroatoms. The maximum Gasteiger partial charge on any atom is 0.416 e. The first-order chi connectivity index (χ1) is 13.5. The van der Waals surface area contributed by atoms with E-state index in [1.807, 2.05) is 6.92 Å². The molecule has 0 bridgehead atoms. The van der Waals surface area contributed by atoms with E-state index in [0.29, 0.717) is 31.5 Å². The number of halogens is 3. The predicted octanol–water partition coefficient (Wildman–Crippen LogP) is 3.64. The predicted molar refractivity (Wildman–Crippen MR) is 99.2 cm³/mol. The molecule has 5 nitrogen and oxygen atoms in total. The smallest absolute Gasteiger partial charge is 0.416 e. The Labute approximate surface area is 167 Å². The van der Waals surface area contributed by atoms with Crippen LogP contribution in [-0.2, 0) is 21.1 Å². The largest absolute Gasteiger partial charge is 0.453 e. The van der Waals surface area contributed by atoms with Crippen molar-refractivity contribution in [1.82, 2.24) is 10.2 Å². The number of methoxy groups -OCH3 is 1. The summed E-state index contributed by atoms with van der Waals surface area (Å²) in [6, 6.07) is 4.58. The van der Waals surface area contributed by atoms with Crippen LogP contribution in [-0.4, -0.2) is 42.6 Å². The molecule has 4 rings (SSSR count). The summed E-state index contributed by atoms with van der Waals surface area (Å²) in [6.07, 6.45) is -2.99. The number of aryl methyl sites for hydroxylation is 1. The van der Waals surface area contributed by atoms with Crippen molar-refractivity contribution >= 4 is 12.0 Å². The summed E-state index contributed by atoms with van der Waals surface area (Å²) in [6.45, 7) is 4.40. The average Bonchev–Trinajstić information content (AvgIpc) is 3.19. The van der Waals surface area contributed by atoms with Crippen LogP contribution in [0.25, 0.3) is 0 Å². The van der Waals surface area contributed by atoms with Crippen molar-refractivity contribution in [3.8, 4) is 0 Å². The van der Waals surface area contributed by atoms with Gasteiger partial charge in [-0.2, -0.15) is 13.2 Å². The minimum absolute atomic E-state index is 0.0314. The van der Waals surface area contributed by atoms with Crippen LogP contribution in [0.5, 0.6) is 0 Å². The molecule has 1 aliphatic heterocycles. The lowest BCUT2D eigenvalue weighted by atomic mass is 9.69. The van der Waals surface area contributed by atoms with E-state index in [0.717, 1.165) is 6.42 Å². The molecule has 1 N–H and O–H groups in total. The fourth-order valence-electron chi connectivity index (χ4n) is 5.19. The van der Waals surface area contributed by atoms with E-state index >= 15 is 0 Å². The monoisotopic (exact) mass is 410 g/mol. The molecule has 0 radical (unpaired) electrons. The van der Waals surface area contributed by atoms with Crippen LogP contribution in [0.3, 0.4) is 0 Å². The summed E-state index contributed by atoms with van der Waals surface area (Å²) >= 11 is 0. The van der Waals surface area contributed by atoms with Crippen LogP contribution in [0.15, 0.2) is 18.2 Å². The molecule has 1 aromatic carbocycles.